The number of primary amides is 1. The van der Waals surface area contributed by atoms with Crippen molar-refractivity contribution in [2.45, 2.75) is 19.4 Å². The summed E-state index contributed by atoms with van der Waals surface area (Å²) in [6, 6.07) is 4.19. The van der Waals surface area contributed by atoms with E-state index in [-0.39, 0.29) is 5.82 Å². The van der Waals surface area contributed by atoms with Gasteiger partial charge in [-0.05, 0) is 43.5 Å². The van der Waals surface area contributed by atoms with Crippen LogP contribution >= 0.6 is 0 Å². The fourth-order valence-corrected chi connectivity index (χ4v) is 2.22. The largest absolute Gasteiger partial charge is 0.381 e. The molecule has 0 saturated carbocycles. The van der Waals surface area contributed by atoms with Crippen LogP contribution in [0.2, 0.25) is 0 Å². The van der Waals surface area contributed by atoms with Gasteiger partial charge in [-0.3, -0.25) is 4.79 Å². The molecule has 1 aromatic rings. The predicted molar refractivity (Wildman–Crippen MR) is 70.2 cm³/mol. The molecule has 5 heteroatoms. The van der Waals surface area contributed by atoms with E-state index in [9.17, 15) is 9.18 Å². The molecule has 104 valence electrons. The van der Waals surface area contributed by atoms with Crippen LogP contribution in [0.5, 0.6) is 0 Å². The molecule has 3 N–H and O–H groups in total. The second kappa shape index (κ2) is 6.63. The van der Waals surface area contributed by atoms with Gasteiger partial charge in [0.05, 0.1) is 0 Å². The van der Waals surface area contributed by atoms with Crippen LogP contribution in [0.3, 0.4) is 0 Å². The maximum atomic E-state index is 13.6. The van der Waals surface area contributed by atoms with E-state index in [1.165, 1.54) is 18.2 Å². The Morgan fingerprint density at radius 2 is 2.16 bits per heavy atom. The summed E-state index contributed by atoms with van der Waals surface area (Å²) in [5.74, 6) is -0.272. The smallest absolute Gasteiger partial charge is 0.248 e. The van der Waals surface area contributed by atoms with Gasteiger partial charge in [-0.25, -0.2) is 4.39 Å². The van der Waals surface area contributed by atoms with Gasteiger partial charge in [0.15, 0.2) is 0 Å². The Hall–Kier alpha value is -1.46. The SMILES string of the molecule is NC(=O)c1ccc(F)c(CNCC2CCOCC2)c1. The number of nitrogens with one attached hydrogen (secondary N) is 1. The molecule has 1 fully saturated rings. The van der Waals surface area contributed by atoms with Crippen LogP contribution in [0.1, 0.15) is 28.8 Å². The molecule has 1 heterocycles. The van der Waals surface area contributed by atoms with Crippen LogP contribution < -0.4 is 11.1 Å². The van der Waals surface area contributed by atoms with Gasteiger partial charge < -0.3 is 15.8 Å². The number of carbonyl (C=O) groups excluding carboxylic acids is 1. The Morgan fingerprint density at radius 1 is 1.42 bits per heavy atom. The first-order valence-corrected chi connectivity index (χ1v) is 6.53. The number of halogens is 1. The van der Waals surface area contributed by atoms with E-state index in [1.54, 1.807) is 0 Å². The molecule has 0 unspecified atom stereocenters. The summed E-state index contributed by atoms with van der Waals surface area (Å²) in [5.41, 5.74) is 6.00. The monoisotopic (exact) mass is 266 g/mol. The Labute approximate surface area is 112 Å². The molecule has 1 saturated heterocycles. The van der Waals surface area contributed by atoms with Crippen molar-refractivity contribution in [3.8, 4) is 0 Å². The van der Waals surface area contributed by atoms with Crippen LogP contribution in [0.15, 0.2) is 18.2 Å². The first-order valence-electron chi connectivity index (χ1n) is 6.53. The van der Waals surface area contributed by atoms with Gasteiger partial charge in [0, 0.05) is 30.9 Å². The summed E-state index contributed by atoms with van der Waals surface area (Å²) in [4.78, 5) is 11.1. The number of benzene rings is 1. The lowest BCUT2D eigenvalue weighted by Gasteiger charge is -2.22. The first kappa shape index (κ1) is 14.0. The minimum absolute atomic E-state index is 0.315. The summed E-state index contributed by atoms with van der Waals surface area (Å²) in [6.45, 7) is 2.85. The maximum Gasteiger partial charge on any atom is 0.248 e. The van der Waals surface area contributed by atoms with Crippen LogP contribution in [0.4, 0.5) is 4.39 Å². The summed E-state index contributed by atoms with van der Waals surface area (Å²) in [5, 5.41) is 3.23. The summed E-state index contributed by atoms with van der Waals surface area (Å²) >= 11 is 0. The van der Waals surface area contributed by atoms with Gasteiger partial charge in [-0.2, -0.15) is 0 Å². The van der Waals surface area contributed by atoms with Gasteiger partial charge in [-0.15, -0.1) is 0 Å². The van der Waals surface area contributed by atoms with Crippen LogP contribution in [0, 0.1) is 11.7 Å². The molecule has 1 aliphatic heterocycles. The molecule has 1 aromatic carbocycles. The van der Waals surface area contributed by atoms with Crippen molar-refractivity contribution in [3.63, 3.8) is 0 Å². The summed E-state index contributed by atoms with van der Waals surface area (Å²) in [6.07, 6.45) is 2.08. The normalized spacial score (nSPS) is 16.5. The maximum absolute atomic E-state index is 13.6. The number of amides is 1. The number of rotatable bonds is 5. The number of hydrogen-bond donors (Lipinski definition) is 2. The molecule has 0 aromatic heterocycles. The van der Waals surface area contributed by atoms with E-state index in [0.29, 0.717) is 23.6 Å². The van der Waals surface area contributed by atoms with E-state index in [1.807, 2.05) is 0 Å². The third kappa shape index (κ3) is 4.01. The lowest BCUT2D eigenvalue weighted by atomic mass is 10.0. The van der Waals surface area contributed by atoms with Gasteiger partial charge >= 0.3 is 0 Å². The molecule has 1 aliphatic rings. The molecule has 1 amide bonds. The van der Waals surface area contributed by atoms with E-state index in [2.05, 4.69) is 5.32 Å². The molecule has 19 heavy (non-hydrogen) atoms. The van der Waals surface area contributed by atoms with Gasteiger partial charge in [-0.1, -0.05) is 0 Å². The van der Waals surface area contributed by atoms with E-state index < -0.39 is 5.91 Å². The summed E-state index contributed by atoms with van der Waals surface area (Å²) in [7, 11) is 0. The highest BCUT2D eigenvalue weighted by Gasteiger charge is 2.13. The Morgan fingerprint density at radius 3 is 2.84 bits per heavy atom. The Bertz CT molecular complexity index is 445. The highest BCUT2D eigenvalue weighted by molar-refractivity contribution is 5.92. The third-order valence-corrected chi connectivity index (χ3v) is 3.42. The standard InChI is InChI=1S/C14H19FN2O2/c15-13-2-1-11(14(16)18)7-12(13)9-17-8-10-3-5-19-6-4-10/h1-2,7,10,17H,3-6,8-9H2,(H2,16,18). The second-order valence-corrected chi connectivity index (χ2v) is 4.86. The lowest BCUT2D eigenvalue weighted by molar-refractivity contribution is 0.0662. The number of nitrogens with two attached hydrogens (primary N) is 1. The fraction of sp³-hybridized carbons (Fsp3) is 0.500. The highest BCUT2D eigenvalue weighted by atomic mass is 19.1. The highest BCUT2D eigenvalue weighted by Crippen LogP contribution is 2.14. The van der Waals surface area contributed by atoms with E-state index in [0.717, 1.165) is 32.6 Å². The molecular weight excluding hydrogens is 247 g/mol. The van der Waals surface area contributed by atoms with Gasteiger partial charge in [0.2, 0.25) is 5.91 Å². The third-order valence-electron chi connectivity index (χ3n) is 3.42. The van der Waals surface area contributed by atoms with E-state index in [4.69, 9.17) is 10.5 Å². The Kier molecular flexibility index (Phi) is 4.87. The molecule has 0 aliphatic carbocycles. The number of carbonyl (C=O) groups is 1. The molecule has 0 bridgehead atoms. The second-order valence-electron chi connectivity index (χ2n) is 4.86. The molecule has 0 atom stereocenters. The van der Waals surface area contributed by atoms with Crippen molar-refractivity contribution in [2.24, 2.45) is 11.7 Å². The molecular formula is C14H19FN2O2. The van der Waals surface area contributed by atoms with Crippen LogP contribution in [0.25, 0.3) is 0 Å². The zero-order valence-corrected chi connectivity index (χ0v) is 10.8. The predicted octanol–water partition coefficient (Wildman–Crippen LogP) is 1.44. The van der Waals surface area contributed by atoms with Crippen LogP contribution in [-0.4, -0.2) is 25.7 Å². The molecule has 4 nitrogen and oxygen atoms in total. The zero-order chi connectivity index (χ0) is 13.7. The quantitative estimate of drug-likeness (QED) is 0.847. The number of hydrogen-bond acceptors (Lipinski definition) is 3. The lowest BCUT2D eigenvalue weighted by Crippen LogP contribution is -2.27. The Balaban J connectivity index is 1.87. The average Bonchev–Trinajstić information content (AvgIpc) is 2.42. The molecule has 0 spiro atoms. The van der Waals surface area contributed by atoms with Gasteiger partial charge in [0.25, 0.3) is 0 Å². The van der Waals surface area contributed by atoms with Crippen molar-refractivity contribution < 1.29 is 13.9 Å². The van der Waals surface area contributed by atoms with Crippen molar-refractivity contribution in [1.82, 2.24) is 5.32 Å². The fourth-order valence-electron chi connectivity index (χ4n) is 2.22. The van der Waals surface area contributed by atoms with Crippen molar-refractivity contribution >= 4 is 5.91 Å². The van der Waals surface area contributed by atoms with E-state index >= 15 is 0 Å². The molecule has 2 rings (SSSR count). The van der Waals surface area contributed by atoms with Crippen molar-refractivity contribution in [3.05, 3.63) is 35.1 Å². The first-order chi connectivity index (χ1) is 9.16. The van der Waals surface area contributed by atoms with Crippen molar-refractivity contribution in [2.75, 3.05) is 19.8 Å². The van der Waals surface area contributed by atoms with Gasteiger partial charge in [0.1, 0.15) is 5.82 Å². The number of ether oxygens (including phenoxy) is 1. The average molecular weight is 266 g/mol. The van der Waals surface area contributed by atoms with Crippen molar-refractivity contribution in [1.29, 1.82) is 0 Å². The summed E-state index contributed by atoms with van der Waals surface area (Å²) < 4.78 is 18.9. The minimum atomic E-state index is -0.536. The zero-order valence-electron chi connectivity index (χ0n) is 10.8. The minimum Gasteiger partial charge on any atom is -0.381 e. The van der Waals surface area contributed by atoms with Crippen LogP contribution in [-0.2, 0) is 11.3 Å². The molecule has 0 radical (unpaired) electrons. The topological polar surface area (TPSA) is 64.4 Å².